The van der Waals surface area contributed by atoms with Crippen molar-refractivity contribution in [3.05, 3.63) is 57.9 Å². The van der Waals surface area contributed by atoms with Crippen LogP contribution in [-0.2, 0) is 0 Å². The number of thiophene rings is 1. The van der Waals surface area contributed by atoms with Crippen molar-refractivity contribution in [3.63, 3.8) is 0 Å². The Morgan fingerprint density at radius 1 is 1.38 bits per heavy atom. The molecule has 0 aliphatic carbocycles. The Morgan fingerprint density at radius 3 is 3.00 bits per heavy atom. The summed E-state index contributed by atoms with van der Waals surface area (Å²) < 4.78 is 23.5. The van der Waals surface area contributed by atoms with Gasteiger partial charge >= 0.3 is 0 Å². The zero-order valence-corrected chi connectivity index (χ0v) is 14.2. The molecule has 0 atom stereocenters. The number of fused-ring (bicyclic) bond motifs is 1. The van der Waals surface area contributed by atoms with Crippen LogP contribution < -0.4 is 5.43 Å². The van der Waals surface area contributed by atoms with E-state index in [2.05, 4.69) is 20.7 Å². The molecule has 0 unspecified atom stereocenters. The second-order valence-corrected chi connectivity index (χ2v) is 6.39. The molecule has 7 nitrogen and oxygen atoms in total. The number of nitrogens with one attached hydrogen (secondary N) is 1. The number of hydrazone groups is 1. The number of hydrogen-bond donors (Lipinski definition) is 1. The van der Waals surface area contributed by atoms with Crippen molar-refractivity contribution in [2.45, 2.75) is 6.92 Å². The smallest absolute Gasteiger partial charge is 0.272 e. The van der Waals surface area contributed by atoms with E-state index >= 15 is 0 Å². The minimum Gasteiger partial charge on any atom is -0.463 e. The van der Waals surface area contributed by atoms with Gasteiger partial charge in [0.05, 0.1) is 34.0 Å². The van der Waals surface area contributed by atoms with Gasteiger partial charge in [0, 0.05) is 0 Å². The SMILES string of the molecule is Cc1noc2nc(-c3ccco3)cc(C(=O)N/N=C\c3ccc(F)s3)c12. The highest BCUT2D eigenvalue weighted by atomic mass is 32.1. The number of furan rings is 1. The summed E-state index contributed by atoms with van der Waals surface area (Å²) in [6.45, 7) is 1.72. The minimum atomic E-state index is -0.468. The summed E-state index contributed by atoms with van der Waals surface area (Å²) in [5.41, 5.74) is 3.93. The maximum absolute atomic E-state index is 13.0. The number of amides is 1. The van der Waals surface area contributed by atoms with Crippen LogP contribution in [-0.4, -0.2) is 22.3 Å². The maximum atomic E-state index is 13.0. The Morgan fingerprint density at radius 2 is 2.27 bits per heavy atom. The first-order chi connectivity index (χ1) is 12.6. The maximum Gasteiger partial charge on any atom is 0.272 e. The monoisotopic (exact) mass is 370 g/mol. The summed E-state index contributed by atoms with van der Waals surface area (Å²) >= 11 is 0.928. The van der Waals surface area contributed by atoms with Gasteiger partial charge in [0.25, 0.3) is 11.6 Å². The van der Waals surface area contributed by atoms with Crippen molar-refractivity contribution in [2.75, 3.05) is 0 Å². The molecule has 0 bridgehead atoms. The van der Waals surface area contributed by atoms with E-state index in [1.807, 2.05) is 0 Å². The van der Waals surface area contributed by atoms with E-state index in [0.29, 0.717) is 33.0 Å². The number of aromatic nitrogens is 2. The van der Waals surface area contributed by atoms with Gasteiger partial charge in [-0.3, -0.25) is 4.79 Å². The van der Waals surface area contributed by atoms with Crippen LogP contribution in [0, 0.1) is 12.1 Å². The van der Waals surface area contributed by atoms with Gasteiger partial charge in [-0.15, -0.1) is 11.3 Å². The van der Waals surface area contributed by atoms with Gasteiger partial charge in [-0.2, -0.15) is 9.49 Å². The highest BCUT2D eigenvalue weighted by Crippen LogP contribution is 2.27. The van der Waals surface area contributed by atoms with Crippen molar-refractivity contribution < 1.29 is 18.1 Å². The third-order valence-electron chi connectivity index (χ3n) is 3.59. The van der Waals surface area contributed by atoms with Crippen LogP contribution in [0.3, 0.4) is 0 Å². The Labute approximate surface area is 150 Å². The van der Waals surface area contributed by atoms with Crippen molar-refractivity contribution in [1.82, 2.24) is 15.6 Å². The first-order valence-electron chi connectivity index (χ1n) is 7.51. The van der Waals surface area contributed by atoms with Crippen LogP contribution in [0.1, 0.15) is 20.9 Å². The average molecular weight is 370 g/mol. The number of nitrogens with zero attached hydrogens (tertiary/aromatic N) is 3. The Bertz CT molecular complexity index is 1110. The molecule has 4 aromatic rings. The summed E-state index contributed by atoms with van der Waals surface area (Å²) in [5, 5.41) is 7.91. The van der Waals surface area contributed by atoms with E-state index in [0.717, 1.165) is 11.3 Å². The van der Waals surface area contributed by atoms with Crippen molar-refractivity contribution >= 4 is 34.6 Å². The average Bonchev–Trinajstić information content (AvgIpc) is 3.36. The lowest BCUT2D eigenvalue weighted by Gasteiger charge is -2.04. The molecule has 1 amide bonds. The largest absolute Gasteiger partial charge is 0.463 e. The molecule has 0 aliphatic heterocycles. The van der Waals surface area contributed by atoms with Crippen LogP contribution in [0.15, 0.2) is 50.6 Å². The molecule has 0 radical (unpaired) electrons. The molecule has 4 rings (SSSR count). The third kappa shape index (κ3) is 3.00. The van der Waals surface area contributed by atoms with Crippen LogP contribution in [0.4, 0.5) is 4.39 Å². The van der Waals surface area contributed by atoms with Crippen LogP contribution >= 0.6 is 11.3 Å². The minimum absolute atomic E-state index is 0.228. The molecule has 0 spiro atoms. The molecule has 0 saturated carbocycles. The summed E-state index contributed by atoms with van der Waals surface area (Å²) in [4.78, 5) is 17.5. The first kappa shape index (κ1) is 16.2. The molecule has 0 saturated heterocycles. The van der Waals surface area contributed by atoms with E-state index in [9.17, 15) is 9.18 Å². The second-order valence-electron chi connectivity index (χ2n) is 5.32. The molecular formula is C17H11FN4O3S. The molecule has 0 fully saturated rings. The van der Waals surface area contributed by atoms with Gasteiger partial charge in [0.1, 0.15) is 5.69 Å². The Kier molecular flexibility index (Phi) is 4.05. The van der Waals surface area contributed by atoms with E-state index in [-0.39, 0.29) is 10.8 Å². The normalized spacial score (nSPS) is 11.5. The number of hydrogen-bond acceptors (Lipinski definition) is 7. The summed E-state index contributed by atoms with van der Waals surface area (Å²) in [6.07, 6.45) is 2.88. The zero-order chi connectivity index (χ0) is 18.1. The molecule has 4 aromatic heterocycles. The number of pyridine rings is 1. The van der Waals surface area contributed by atoms with Crippen molar-refractivity contribution in [1.29, 1.82) is 0 Å². The van der Waals surface area contributed by atoms with Gasteiger partial charge in [-0.25, -0.2) is 10.4 Å². The fraction of sp³-hybridized carbons (Fsp3) is 0.0588. The van der Waals surface area contributed by atoms with E-state index < -0.39 is 5.91 Å². The van der Waals surface area contributed by atoms with Gasteiger partial charge in [0.15, 0.2) is 10.9 Å². The van der Waals surface area contributed by atoms with Gasteiger partial charge in [-0.05, 0) is 37.3 Å². The second kappa shape index (κ2) is 6.52. The summed E-state index contributed by atoms with van der Waals surface area (Å²) in [6, 6.07) is 7.93. The number of carbonyl (C=O) groups excluding carboxylic acids is 1. The lowest BCUT2D eigenvalue weighted by atomic mass is 10.1. The fourth-order valence-electron chi connectivity index (χ4n) is 2.44. The molecule has 4 heterocycles. The Balaban J connectivity index is 1.68. The van der Waals surface area contributed by atoms with E-state index in [4.69, 9.17) is 8.94 Å². The lowest BCUT2D eigenvalue weighted by molar-refractivity contribution is 0.0956. The molecule has 1 N–H and O–H groups in total. The number of rotatable bonds is 4. The Hall–Kier alpha value is -3.33. The third-order valence-corrected chi connectivity index (χ3v) is 4.40. The van der Waals surface area contributed by atoms with Crippen molar-refractivity contribution in [3.8, 4) is 11.5 Å². The molecule has 0 aromatic carbocycles. The van der Waals surface area contributed by atoms with Crippen LogP contribution in [0.25, 0.3) is 22.6 Å². The summed E-state index contributed by atoms with van der Waals surface area (Å²) in [5.74, 6) is 0.0253. The zero-order valence-electron chi connectivity index (χ0n) is 13.4. The number of aryl methyl sites for hydroxylation is 1. The number of halogens is 1. The standard InChI is InChI=1S/C17H11FN4O3S/c1-9-15-11(16(23)21-19-8-10-4-5-14(18)26-10)7-12(13-3-2-6-24-13)20-17(15)25-22-9/h2-8H,1H3,(H,21,23)/b19-8-. The van der Waals surface area contributed by atoms with Crippen LogP contribution in [0.5, 0.6) is 0 Å². The first-order valence-corrected chi connectivity index (χ1v) is 8.33. The molecular weight excluding hydrogens is 359 g/mol. The fourth-order valence-corrected chi connectivity index (χ4v) is 3.04. The molecule has 9 heteroatoms. The predicted octanol–water partition coefficient (Wildman–Crippen LogP) is 3.76. The topological polar surface area (TPSA) is 93.5 Å². The van der Waals surface area contributed by atoms with Gasteiger partial charge in [-0.1, -0.05) is 5.16 Å². The van der Waals surface area contributed by atoms with E-state index in [1.165, 1.54) is 18.5 Å². The van der Waals surface area contributed by atoms with E-state index in [1.54, 1.807) is 31.2 Å². The van der Waals surface area contributed by atoms with Gasteiger partial charge < -0.3 is 8.94 Å². The van der Waals surface area contributed by atoms with Crippen LogP contribution in [0.2, 0.25) is 0 Å². The summed E-state index contributed by atoms with van der Waals surface area (Å²) in [7, 11) is 0. The molecule has 130 valence electrons. The predicted molar refractivity (Wildman–Crippen MR) is 93.6 cm³/mol. The quantitative estimate of drug-likeness (QED) is 0.436. The molecule has 26 heavy (non-hydrogen) atoms. The highest BCUT2D eigenvalue weighted by Gasteiger charge is 2.20. The van der Waals surface area contributed by atoms with Crippen molar-refractivity contribution in [2.24, 2.45) is 5.10 Å². The number of carbonyl (C=O) groups is 1. The lowest BCUT2D eigenvalue weighted by Crippen LogP contribution is -2.18. The molecule has 0 aliphatic rings. The van der Waals surface area contributed by atoms with Gasteiger partial charge in [0.2, 0.25) is 0 Å². The highest BCUT2D eigenvalue weighted by molar-refractivity contribution is 7.12.